The molecular formula is C6H13Sn2. The second-order valence-corrected chi connectivity index (χ2v) is 1.08. The molecule has 8 heavy (non-hydrogen) atoms. The molecule has 45 valence electrons. The van der Waals surface area contributed by atoms with E-state index >= 15 is 0 Å². The molecule has 0 fully saturated rings. The molecule has 1 aromatic carbocycles. The van der Waals surface area contributed by atoms with Gasteiger partial charge in [-0.2, -0.15) is 0 Å². The van der Waals surface area contributed by atoms with Gasteiger partial charge in [0.05, 0.1) is 0 Å². The number of rotatable bonds is 0. The van der Waals surface area contributed by atoms with E-state index in [4.69, 9.17) is 0 Å². The predicted octanol–water partition coefficient (Wildman–Crippen LogP) is -1.42. The van der Waals surface area contributed by atoms with Crippen LogP contribution >= 0.6 is 0 Å². The van der Waals surface area contributed by atoms with Crippen molar-refractivity contribution in [3.63, 3.8) is 0 Å². The summed E-state index contributed by atoms with van der Waals surface area (Å²) in [5.74, 6) is 0. The maximum atomic E-state index is 2.89. The molecule has 0 aliphatic heterocycles. The number of hydrogen-bond donors (Lipinski definition) is 0. The quantitative estimate of drug-likeness (QED) is 0.515. The molecule has 0 aliphatic rings. The van der Waals surface area contributed by atoms with Gasteiger partial charge < -0.3 is 0 Å². The molecule has 0 nitrogen and oxygen atoms in total. The second-order valence-electron chi connectivity index (χ2n) is 1.08. The Hall–Kier alpha value is 0.817. The molecule has 0 heterocycles. The SMILES string of the molecule is [SnH4].[SnH4].[c]1ccccc1. The van der Waals surface area contributed by atoms with Crippen molar-refractivity contribution in [3.05, 3.63) is 36.4 Å². The maximum absolute atomic E-state index is 2.89. The molecule has 2 heteroatoms. The van der Waals surface area contributed by atoms with Gasteiger partial charge in [0.15, 0.2) is 0 Å². The minimum absolute atomic E-state index is 0. The van der Waals surface area contributed by atoms with Crippen LogP contribution in [0, 0.1) is 6.07 Å². The van der Waals surface area contributed by atoms with Gasteiger partial charge in [-0.05, 0) is 6.07 Å². The van der Waals surface area contributed by atoms with Gasteiger partial charge in [0.1, 0.15) is 0 Å². The molecule has 0 saturated carbocycles. The van der Waals surface area contributed by atoms with E-state index in [0.29, 0.717) is 0 Å². The molecule has 0 amide bonds. The van der Waals surface area contributed by atoms with Crippen molar-refractivity contribution in [2.75, 3.05) is 0 Å². The summed E-state index contributed by atoms with van der Waals surface area (Å²) in [6.45, 7) is 0. The number of benzene rings is 1. The van der Waals surface area contributed by atoms with Gasteiger partial charge in [0, 0.05) is 0 Å². The minimum atomic E-state index is 0. The molecule has 1 aromatic rings. The van der Waals surface area contributed by atoms with Crippen LogP contribution in [0.15, 0.2) is 30.3 Å². The molecule has 0 atom stereocenters. The first-order chi connectivity index (χ1) is 3.00. The fraction of sp³-hybridized carbons (Fsp3) is 0. The summed E-state index contributed by atoms with van der Waals surface area (Å²) >= 11 is 0. The van der Waals surface area contributed by atoms with Crippen LogP contribution in [0.1, 0.15) is 0 Å². The molecule has 0 aromatic heterocycles. The van der Waals surface area contributed by atoms with Crippen LogP contribution in [0.3, 0.4) is 0 Å². The Bertz CT molecular complexity index is 78.5. The average Bonchev–Trinajstić information content (AvgIpc) is 1.72. The van der Waals surface area contributed by atoms with Crippen molar-refractivity contribution in [3.8, 4) is 0 Å². The average molecular weight is 323 g/mol. The van der Waals surface area contributed by atoms with Crippen molar-refractivity contribution in [2.45, 2.75) is 0 Å². The molecule has 1 rings (SSSR count). The zero-order chi connectivity index (χ0) is 4.24. The molecule has 0 saturated heterocycles. The van der Waals surface area contributed by atoms with E-state index in [0.717, 1.165) is 0 Å². The van der Waals surface area contributed by atoms with Crippen LogP contribution in [0.5, 0.6) is 0 Å². The van der Waals surface area contributed by atoms with Gasteiger partial charge in [-0.15, -0.1) is 0 Å². The van der Waals surface area contributed by atoms with E-state index in [1.165, 1.54) is 0 Å². The van der Waals surface area contributed by atoms with E-state index in [2.05, 4.69) is 6.07 Å². The first kappa shape index (κ1) is 11.6. The normalized spacial score (nSPS) is 6.00. The molecule has 1 radical (unpaired) electrons. The second kappa shape index (κ2) is 7.82. The van der Waals surface area contributed by atoms with E-state index in [1.54, 1.807) is 0 Å². The van der Waals surface area contributed by atoms with Crippen molar-refractivity contribution in [1.29, 1.82) is 0 Å². The van der Waals surface area contributed by atoms with Crippen LogP contribution in [-0.2, 0) is 0 Å². The molecule has 0 aliphatic carbocycles. The van der Waals surface area contributed by atoms with E-state index in [-0.39, 0.29) is 47.8 Å². The van der Waals surface area contributed by atoms with Gasteiger partial charge in [-0.1, -0.05) is 30.3 Å². The largest absolute Gasteiger partial charge is 0.0622 e. The summed E-state index contributed by atoms with van der Waals surface area (Å²) < 4.78 is 0. The summed E-state index contributed by atoms with van der Waals surface area (Å²) in [4.78, 5) is 0. The van der Waals surface area contributed by atoms with E-state index in [9.17, 15) is 0 Å². The topological polar surface area (TPSA) is 0 Å². The van der Waals surface area contributed by atoms with Crippen molar-refractivity contribution < 1.29 is 0 Å². The predicted molar refractivity (Wildman–Crippen MR) is 47.9 cm³/mol. The first-order valence-corrected chi connectivity index (χ1v) is 1.91. The summed E-state index contributed by atoms with van der Waals surface area (Å²) in [6, 6.07) is 12.5. The zero-order valence-corrected chi connectivity index (χ0v) is 3.39. The van der Waals surface area contributed by atoms with Gasteiger partial charge in [-0.25, -0.2) is 0 Å². The molecule has 0 spiro atoms. The Labute approximate surface area is 83.6 Å². The Morgan fingerprint density at radius 2 is 1.25 bits per heavy atom. The minimum Gasteiger partial charge on any atom is -0.0622 e. The number of hydrogen-bond acceptors (Lipinski definition) is 0. The fourth-order valence-electron chi connectivity index (χ4n) is 0.342. The fourth-order valence-corrected chi connectivity index (χ4v) is 0.342. The monoisotopic (exact) mass is 325 g/mol. The molecular weight excluding hydrogens is 309 g/mol. The van der Waals surface area contributed by atoms with Crippen LogP contribution in [0.4, 0.5) is 0 Å². The maximum Gasteiger partial charge on any atom is -0.0184 e. The van der Waals surface area contributed by atoms with Gasteiger partial charge in [0.25, 0.3) is 0 Å². The third-order valence-corrected chi connectivity index (χ3v) is 0.607. The van der Waals surface area contributed by atoms with Gasteiger partial charge in [0.2, 0.25) is 0 Å². The third kappa shape index (κ3) is 4.96. The van der Waals surface area contributed by atoms with Gasteiger partial charge in [-0.3, -0.25) is 0 Å². The van der Waals surface area contributed by atoms with Crippen molar-refractivity contribution >= 4 is 47.8 Å². The Balaban J connectivity index is 0. The summed E-state index contributed by atoms with van der Waals surface area (Å²) in [7, 11) is 0. The van der Waals surface area contributed by atoms with Crippen LogP contribution in [0.25, 0.3) is 0 Å². The van der Waals surface area contributed by atoms with Crippen LogP contribution in [0.2, 0.25) is 0 Å². The van der Waals surface area contributed by atoms with Crippen molar-refractivity contribution in [2.24, 2.45) is 0 Å². The molecule has 0 N–H and O–H groups in total. The summed E-state index contributed by atoms with van der Waals surface area (Å²) in [5, 5.41) is 0. The van der Waals surface area contributed by atoms with Crippen molar-refractivity contribution in [1.82, 2.24) is 0 Å². The van der Waals surface area contributed by atoms with E-state index < -0.39 is 0 Å². The smallest absolute Gasteiger partial charge is 0.0184 e. The Morgan fingerprint density at radius 1 is 0.750 bits per heavy atom. The molecule has 0 unspecified atom stereocenters. The summed E-state index contributed by atoms with van der Waals surface area (Å²) in [6.07, 6.45) is 0. The van der Waals surface area contributed by atoms with E-state index in [1.807, 2.05) is 30.3 Å². The van der Waals surface area contributed by atoms with Crippen LogP contribution < -0.4 is 0 Å². The third-order valence-electron chi connectivity index (χ3n) is 0.607. The zero-order valence-electron chi connectivity index (χ0n) is 3.39. The Kier molecular flexibility index (Phi) is 11.3. The molecule has 0 bridgehead atoms. The first-order valence-electron chi connectivity index (χ1n) is 1.91. The standard InChI is InChI=1S/C6H5.2Sn.8H/c1-2-4-6-5-3-1;;;;;;;;;;/h1-5H;;;;;;;;;;. The van der Waals surface area contributed by atoms with Crippen LogP contribution in [-0.4, -0.2) is 47.8 Å². The van der Waals surface area contributed by atoms with Gasteiger partial charge >= 0.3 is 47.8 Å². The summed E-state index contributed by atoms with van der Waals surface area (Å²) in [5.41, 5.74) is 0. The Morgan fingerprint density at radius 3 is 1.38 bits per heavy atom.